The number of benzene rings is 1. The number of carboxylic acids is 1. The summed E-state index contributed by atoms with van der Waals surface area (Å²) in [6, 6.07) is 5.99. The molecule has 1 aromatic heterocycles. The van der Waals surface area contributed by atoms with Crippen LogP contribution in [0.5, 0.6) is 0 Å². The number of halogens is 1. The molecule has 0 aliphatic rings. The topological polar surface area (TPSA) is 67.2 Å². The van der Waals surface area contributed by atoms with Crippen LogP contribution in [0, 0.1) is 5.82 Å². The largest absolute Gasteiger partial charge is 0.478 e. The van der Waals surface area contributed by atoms with Crippen molar-refractivity contribution in [2.24, 2.45) is 7.05 Å². The van der Waals surface area contributed by atoms with Crippen molar-refractivity contribution in [1.29, 1.82) is 0 Å². The minimum atomic E-state index is -1.26. The molecular weight excluding hydrogens is 249 g/mol. The van der Waals surface area contributed by atoms with E-state index < -0.39 is 11.8 Å². The first-order chi connectivity index (χ1) is 9.06. The quantitative estimate of drug-likeness (QED) is 0.858. The van der Waals surface area contributed by atoms with Gasteiger partial charge in [-0.2, -0.15) is 5.10 Å². The summed E-state index contributed by atoms with van der Waals surface area (Å²) in [5.41, 5.74) is 1.28. The van der Waals surface area contributed by atoms with E-state index in [4.69, 9.17) is 5.11 Å². The molecule has 2 rings (SSSR count). The van der Waals surface area contributed by atoms with E-state index in [9.17, 15) is 9.18 Å². The van der Waals surface area contributed by atoms with Crippen molar-refractivity contribution in [2.75, 3.05) is 0 Å². The van der Waals surface area contributed by atoms with Crippen LogP contribution in [0.3, 0.4) is 0 Å². The molecule has 0 saturated carbocycles. The maximum Gasteiger partial charge on any atom is 0.338 e. The van der Waals surface area contributed by atoms with E-state index in [0.29, 0.717) is 18.7 Å². The zero-order valence-corrected chi connectivity index (χ0v) is 10.4. The Balaban J connectivity index is 1.93. The number of hydrogen-bond acceptors (Lipinski definition) is 3. The molecule has 5 nitrogen and oxygen atoms in total. The normalized spacial score (nSPS) is 10.6. The van der Waals surface area contributed by atoms with Crippen LogP contribution in [-0.2, 0) is 20.1 Å². The lowest BCUT2D eigenvalue weighted by Gasteiger charge is -2.05. The summed E-state index contributed by atoms with van der Waals surface area (Å²) in [6.45, 7) is 1.02. The summed E-state index contributed by atoms with van der Waals surface area (Å²) in [4.78, 5) is 10.7. The number of hydrogen-bond donors (Lipinski definition) is 2. The second-order valence-corrected chi connectivity index (χ2v) is 4.20. The van der Waals surface area contributed by atoms with Crippen LogP contribution in [0.15, 0.2) is 30.5 Å². The monoisotopic (exact) mass is 263 g/mol. The van der Waals surface area contributed by atoms with E-state index >= 15 is 0 Å². The predicted molar refractivity (Wildman–Crippen MR) is 67.1 cm³/mol. The Morgan fingerprint density at radius 3 is 2.79 bits per heavy atom. The second-order valence-electron chi connectivity index (χ2n) is 4.20. The van der Waals surface area contributed by atoms with E-state index in [-0.39, 0.29) is 5.56 Å². The molecule has 0 aliphatic carbocycles. The second kappa shape index (κ2) is 5.62. The molecule has 0 amide bonds. The van der Waals surface area contributed by atoms with Crippen molar-refractivity contribution in [3.63, 3.8) is 0 Å². The summed E-state index contributed by atoms with van der Waals surface area (Å²) in [6.07, 6.45) is 1.85. The lowest BCUT2D eigenvalue weighted by atomic mass is 10.1. The van der Waals surface area contributed by atoms with Gasteiger partial charge in [0.05, 0.1) is 11.3 Å². The van der Waals surface area contributed by atoms with Gasteiger partial charge >= 0.3 is 5.97 Å². The molecule has 0 spiro atoms. The molecule has 0 unspecified atom stereocenters. The van der Waals surface area contributed by atoms with Gasteiger partial charge in [0.1, 0.15) is 5.82 Å². The molecule has 0 radical (unpaired) electrons. The maximum atomic E-state index is 13.4. The van der Waals surface area contributed by atoms with Gasteiger partial charge in [-0.05, 0) is 23.8 Å². The van der Waals surface area contributed by atoms with Gasteiger partial charge in [0.2, 0.25) is 0 Å². The summed E-state index contributed by atoms with van der Waals surface area (Å²) in [7, 11) is 1.84. The van der Waals surface area contributed by atoms with Crippen molar-refractivity contribution in [3.05, 3.63) is 53.1 Å². The average molecular weight is 263 g/mol. The molecule has 0 atom stereocenters. The number of aromatic nitrogens is 2. The number of rotatable bonds is 5. The maximum absolute atomic E-state index is 13.4. The Hall–Kier alpha value is -2.21. The Kier molecular flexibility index (Phi) is 3.91. The number of nitrogens with one attached hydrogen (secondary N) is 1. The zero-order valence-electron chi connectivity index (χ0n) is 10.4. The highest BCUT2D eigenvalue weighted by Gasteiger charge is 2.10. The van der Waals surface area contributed by atoms with Gasteiger partial charge in [-0.1, -0.05) is 6.07 Å². The third-order valence-corrected chi connectivity index (χ3v) is 2.67. The summed E-state index contributed by atoms with van der Waals surface area (Å²) in [5, 5.41) is 16.0. The van der Waals surface area contributed by atoms with Crippen LogP contribution in [0.1, 0.15) is 21.6 Å². The van der Waals surface area contributed by atoms with Crippen LogP contribution >= 0.6 is 0 Å². The van der Waals surface area contributed by atoms with E-state index in [2.05, 4.69) is 10.4 Å². The smallest absolute Gasteiger partial charge is 0.338 e. The van der Waals surface area contributed by atoms with Gasteiger partial charge in [0, 0.05) is 26.3 Å². The molecule has 100 valence electrons. The van der Waals surface area contributed by atoms with Crippen LogP contribution in [0.4, 0.5) is 4.39 Å². The van der Waals surface area contributed by atoms with Gasteiger partial charge in [-0.25, -0.2) is 9.18 Å². The van der Waals surface area contributed by atoms with Crippen molar-refractivity contribution in [2.45, 2.75) is 13.1 Å². The average Bonchev–Trinajstić information content (AvgIpc) is 2.75. The van der Waals surface area contributed by atoms with Crippen molar-refractivity contribution in [1.82, 2.24) is 15.1 Å². The third kappa shape index (κ3) is 3.38. The fraction of sp³-hybridized carbons (Fsp3) is 0.231. The Morgan fingerprint density at radius 1 is 1.42 bits per heavy atom. The minimum absolute atomic E-state index is 0.312. The van der Waals surface area contributed by atoms with E-state index in [1.54, 1.807) is 10.7 Å². The molecule has 2 N–H and O–H groups in total. The highest BCUT2D eigenvalue weighted by molar-refractivity contribution is 5.87. The Morgan fingerprint density at radius 2 is 2.21 bits per heavy atom. The summed E-state index contributed by atoms with van der Waals surface area (Å²) >= 11 is 0. The molecule has 19 heavy (non-hydrogen) atoms. The predicted octanol–water partition coefficient (Wildman–Crippen LogP) is 1.55. The highest BCUT2D eigenvalue weighted by Crippen LogP contribution is 2.10. The first-order valence-corrected chi connectivity index (χ1v) is 5.77. The molecule has 1 aromatic carbocycles. The minimum Gasteiger partial charge on any atom is -0.478 e. The lowest BCUT2D eigenvalue weighted by molar-refractivity contribution is 0.0692. The number of nitrogens with zero attached hydrogens (tertiary/aromatic N) is 2. The number of carbonyl (C=O) groups is 1. The van der Waals surface area contributed by atoms with Gasteiger partial charge < -0.3 is 10.4 Å². The van der Waals surface area contributed by atoms with Crippen molar-refractivity contribution in [3.8, 4) is 0 Å². The molecule has 2 aromatic rings. The van der Waals surface area contributed by atoms with E-state index in [0.717, 1.165) is 5.69 Å². The van der Waals surface area contributed by atoms with Crippen LogP contribution < -0.4 is 5.32 Å². The first-order valence-electron chi connectivity index (χ1n) is 5.77. The molecule has 0 aliphatic heterocycles. The molecule has 1 heterocycles. The van der Waals surface area contributed by atoms with Gasteiger partial charge in [-0.15, -0.1) is 0 Å². The van der Waals surface area contributed by atoms with Crippen LogP contribution in [0.25, 0.3) is 0 Å². The van der Waals surface area contributed by atoms with Crippen molar-refractivity contribution < 1.29 is 14.3 Å². The fourth-order valence-electron chi connectivity index (χ4n) is 1.73. The van der Waals surface area contributed by atoms with Crippen LogP contribution in [-0.4, -0.2) is 20.9 Å². The Bertz CT molecular complexity index is 595. The number of aryl methyl sites for hydroxylation is 1. The molecule has 6 heteroatoms. The number of carboxylic acid groups (broad SMARTS) is 1. The standard InChI is InChI=1S/C13H14FN3O2/c1-17-5-4-10(16-17)8-15-7-9-2-3-11(13(18)19)12(14)6-9/h2-6,15H,7-8H2,1H3,(H,18,19). The van der Waals surface area contributed by atoms with Gasteiger partial charge in [0.15, 0.2) is 0 Å². The number of aromatic carboxylic acids is 1. The zero-order chi connectivity index (χ0) is 13.8. The van der Waals surface area contributed by atoms with E-state index in [1.165, 1.54) is 12.1 Å². The Labute approximate surface area is 109 Å². The van der Waals surface area contributed by atoms with Crippen LogP contribution in [0.2, 0.25) is 0 Å². The summed E-state index contributed by atoms with van der Waals surface area (Å²) in [5.74, 6) is -1.98. The highest BCUT2D eigenvalue weighted by atomic mass is 19.1. The molecule has 0 bridgehead atoms. The summed E-state index contributed by atoms with van der Waals surface area (Å²) < 4.78 is 15.1. The van der Waals surface area contributed by atoms with Gasteiger partial charge in [-0.3, -0.25) is 4.68 Å². The molecule has 0 saturated heterocycles. The fourth-order valence-corrected chi connectivity index (χ4v) is 1.73. The first kappa shape index (κ1) is 13.2. The molecule has 0 fully saturated rings. The molecular formula is C13H14FN3O2. The SMILES string of the molecule is Cn1ccc(CNCc2ccc(C(=O)O)c(F)c2)n1. The lowest BCUT2D eigenvalue weighted by Crippen LogP contribution is -2.14. The third-order valence-electron chi connectivity index (χ3n) is 2.67. The van der Waals surface area contributed by atoms with Crippen molar-refractivity contribution >= 4 is 5.97 Å². The van der Waals surface area contributed by atoms with Gasteiger partial charge in [0.25, 0.3) is 0 Å². The van der Waals surface area contributed by atoms with E-state index in [1.807, 2.05) is 19.3 Å².